The van der Waals surface area contributed by atoms with E-state index in [0.29, 0.717) is 19.6 Å². The average molecular weight is 400 g/mol. The summed E-state index contributed by atoms with van der Waals surface area (Å²) in [7, 11) is 0. The number of carbonyl (C=O) groups excluding carboxylic acids is 2. The van der Waals surface area contributed by atoms with Gasteiger partial charge in [-0.25, -0.2) is 0 Å². The van der Waals surface area contributed by atoms with Crippen LogP contribution in [0.25, 0.3) is 0 Å². The Morgan fingerprint density at radius 2 is 1.21 bits per heavy atom. The van der Waals surface area contributed by atoms with E-state index in [9.17, 15) is 9.59 Å². The van der Waals surface area contributed by atoms with Crippen LogP contribution in [-0.4, -0.2) is 37.9 Å². The van der Waals surface area contributed by atoms with Crippen molar-refractivity contribution < 1.29 is 23.8 Å². The summed E-state index contributed by atoms with van der Waals surface area (Å²) in [5, 5.41) is 0. The molecule has 0 bridgehead atoms. The molecule has 0 aliphatic heterocycles. The second kappa shape index (κ2) is 20.8. The molecule has 5 heteroatoms. The summed E-state index contributed by atoms with van der Waals surface area (Å²) in [5.74, 6) is -0.808. The molecule has 0 aliphatic carbocycles. The van der Waals surface area contributed by atoms with Crippen molar-refractivity contribution in [3.8, 4) is 0 Å². The molecular formula is C23H43O5. The number of ketones is 1. The highest BCUT2D eigenvalue weighted by molar-refractivity contribution is 5.85. The third-order valence-corrected chi connectivity index (χ3v) is 4.58. The van der Waals surface area contributed by atoms with Crippen LogP contribution in [0.1, 0.15) is 104 Å². The summed E-state index contributed by atoms with van der Waals surface area (Å²) >= 11 is 0. The Bertz CT molecular complexity index is 352. The first-order valence-electron chi connectivity index (χ1n) is 11.3. The number of Topliss-reactive ketones (excluding diaryl/α,β-unsaturated/α-hetero) is 1. The Morgan fingerprint density at radius 3 is 1.68 bits per heavy atom. The van der Waals surface area contributed by atoms with E-state index in [4.69, 9.17) is 14.2 Å². The van der Waals surface area contributed by atoms with Gasteiger partial charge in [-0.15, -0.1) is 0 Å². The first kappa shape index (κ1) is 27.1. The van der Waals surface area contributed by atoms with Crippen LogP contribution in [0.3, 0.4) is 0 Å². The molecule has 0 amide bonds. The maximum atomic E-state index is 11.7. The summed E-state index contributed by atoms with van der Waals surface area (Å²) in [6, 6.07) is 0. The van der Waals surface area contributed by atoms with Crippen LogP contribution in [0.15, 0.2) is 0 Å². The van der Waals surface area contributed by atoms with Crippen molar-refractivity contribution in [2.75, 3.05) is 19.8 Å². The van der Waals surface area contributed by atoms with Gasteiger partial charge >= 0.3 is 5.97 Å². The molecule has 0 rings (SSSR count). The molecule has 0 saturated heterocycles. The van der Waals surface area contributed by atoms with E-state index in [2.05, 4.69) is 20.8 Å². The average Bonchev–Trinajstić information content (AvgIpc) is 2.68. The predicted octanol–water partition coefficient (Wildman–Crippen LogP) is 5.79. The number of ether oxygens (including phenoxy) is 3. The topological polar surface area (TPSA) is 61.8 Å². The molecule has 0 spiro atoms. The van der Waals surface area contributed by atoms with Gasteiger partial charge in [-0.2, -0.15) is 0 Å². The molecule has 1 radical (unpaired) electrons. The molecule has 0 heterocycles. The fourth-order valence-electron chi connectivity index (χ4n) is 2.88. The molecule has 165 valence electrons. The number of hydrogen-bond acceptors (Lipinski definition) is 5. The van der Waals surface area contributed by atoms with Crippen molar-refractivity contribution in [3.05, 3.63) is 6.92 Å². The van der Waals surface area contributed by atoms with E-state index in [-0.39, 0.29) is 19.3 Å². The molecule has 0 aromatic heterocycles. The zero-order valence-electron chi connectivity index (χ0n) is 18.3. The monoisotopic (exact) mass is 399 g/mol. The molecule has 0 atom stereocenters. The van der Waals surface area contributed by atoms with E-state index in [1.165, 1.54) is 51.4 Å². The number of hydrogen-bond donors (Lipinski definition) is 0. The van der Waals surface area contributed by atoms with Crippen molar-refractivity contribution in [1.82, 2.24) is 0 Å². The Balaban J connectivity index is 4.01. The lowest BCUT2D eigenvalue weighted by molar-refractivity contribution is -0.160. The number of rotatable bonds is 21. The number of carbonyl (C=O) groups is 2. The maximum Gasteiger partial charge on any atom is 0.306 e. The minimum Gasteiger partial charge on any atom is -0.458 e. The van der Waals surface area contributed by atoms with E-state index < -0.39 is 11.8 Å². The quantitative estimate of drug-likeness (QED) is 0.139. The second-order valence-electron chi connectivity index (χ2n) is 7.44. The van der Waals surface area contributed by atoms with Crippen molar-refractivity contribution in [3.63, 3.8) is 0 Å². The number of unbranched alkanes of at least 4 members (excludes halogenated alkanes) is 10. The predicted molar refractivity (Wildman–Crippen MR) is 113 cm³/mol. The van der Waals surface area contributed by atoms with Crippen LogP contribution < -0.4 is 0 Å². The minimum absolute atomic E-state index is 0.185. The van der Waals surface area contributed by atoms with Crippen molar-refractivity contribution >= 4 is 11.8 Å². The number of esters is 1. The van der Waals surface area contributed by atoms with Crippen LogP contribution in [0.4, 0.5) is 0 Å². The van der Waals surface area contributed by atoms with Crippen LogP contribution in [0.2, 0.25) is 0 Å². The van der Waals surface area contributed by atoms with Gasteiger partial charge in [-0.3, -0.25) is 9.59 Å². The maximum absolute atomic E-state index is 11.7. The van der Waals surface area contributed by atoms with Crippen LogP contribution >= 0.6 is 0 Å². The summed E-state index contributed by atoms with van der Waals surface area (Å²) in [4.78, 5) is 22.5. The zero-order chi connectivity index (χ0) is 20.9. The van der Waals surface area contributed by atoms with Crippen LogP contribution in [0.5, 0.6) is 0 Å². The van der Waals surface area contributed by atoms with E-state index in [1.807, 2.05) is 0 Å². The summed E-state index contributed by atoms with van der Waals surface area (Å²) in [5.41, 5.74) is 0. The van der Waals surface area contributed by atoms with Crippen LogP contribution in [-0.2, 0) is 23.8 Å². The fourth-order valence-corrected chi connectivity index (χ4v) is 2.88. The van der Waals surface area contributed by atoms with E-state index in [1.54, 1.807) is 0 Å². The van der Waals surface area contributed by atoms with Gasteiger partial charge in [0.15, 0.2) is 12.1 Å². The highest BCUT2D eigenvalue weighted by Crippen LogP contribution is 2.11. The lowest BCUT2D eigenvalue weighted by atomic mass is 10.1. The second-order valence-corrected chi connectivity index (χ2v) is 7.44. The molecule has 5 nitrogen and oxygen atoms in total. The highest BCUT2D eigenvalue weighted by atomic mass is 16.7. The van der Waals surface area contributed by atoms with Gasteiger partial charge in [0.05, 0.1) is 6.42 Å². The lowest BCUT2D eigenvalue weighted by Crippen LogP contribution is -2.21. The third-order valence-electron chi connectivity index (χ3n) is 4.58. The molecular weight excluding hydrogens is 356 g/mol. The summed E-state index contributed by atoms with van der Waals surface area (Å²) in [6.45, 7) is 8.67. The van der Waals surface area contributed by atoms with Gasteiger partial charge in [-0.1, -0.05) is 78.1 Å². The summed E-state index contributed by atoms with van der Waals surface area (Å²) < 4.78 is 16.6. The Hall–Kier alpha value is -0.940. The molecule has 0 aliphatic rings. The van der Waals surface area contributed by atoms with Crippen molar-refractivity contribution in [2.24, 2.45) is 0 Å². The zero-order valence-corrected chi connectivity index (χ0v) is 18.3. The van der Waals surface area contributed by atoms with Gasteiger partial charge < -0.3 is 14.2 Å². The molecule has 0 aromatic rings. The fraction of sp³-hybridized carbons (Fsp3) is 0.870. The molecule has 28 heavy (non-hydrogen) atoms. The van der Waals surface area contributed by atoms with Crippen LogP contribution in [0, 0.1) is 6.92 Å². The molecule has 0 N–H and O–H groups in total. The Labute approximate surface area is 172 Å². The third kappa shape index (κ3) is 19.8. The minimum atomic E-state index is -0.409. The van der Waals surface area contributed by atoms with Gasteiger partial charge in [0.25, 0.3) is 0 Å². The normalized spacial score (nSPS) is 11.1. The molecule has 0 fully saturated rings. The largest absolute Gasteiger partial charge is 0.458 e. The molecule has 0 aromatic carbocycles. The van der Waals surface area contributed by atoms with Crippen molar-refractivity contribution in [2.45, 2.75) is 110 Å². The lowest BCUT2D eigenvalue weighted by Gasteiger charge is -2.18. The van der Waals surface area contributed by atoms with Gasteiger partial charge in [0.1, 0.15) is 6.61 Å². The Morgan fingerprint density at radius 1 is 0.750 bits per heavy atom. The van der Waals surface area contributed by atoms with Crippen molar-refractivity contribution in [1.29, 1.82) is 0 Å². The van der Waals surface area contributed by atoms with E-state index in [0.717, 1.165) is 25.7 Å². The van der Waals surface area contributed by atoms with Gasteiger partial charge in [0, 0.05) is 26.6 Å². The first-order valence-corrected chi connectivity index (χ1v) is 11.3. The SMILES string of the molecule is [CH2]C(=O)COC(=O)CCC(OCCCCCCCC)OCCCCCCCC. The summed E-state index contributed by atoms with van der Waals surface area (Å²) in [6.07, 6.45) is 14.8. The first-order chi connectivity index (χ1) is 13.6. The molecule has 0 unspecified atom stereocenters. The molecule has 0 saturated carbocycles. The Kier molecular flexibility index (Phi) is 20.1. The van der Waals surface area contributed by atoms with Gasteiger partial charge in [0.2, 0.25) is 0 Å². The smallest absolute Gasteiger partial charge is 0.306 e. The standard InChI is InChI=1S/C23H43O5/c1-4-6-8-10-12-14-18-26-23(17-16-22(25)28-20-21(3)24)27-19-15-13-11-9-7-5-2/h23H,3-20H2,1-2H3. The highest BCUT2D eigenvalue weighted by Gasteiger charge is 2.13. The van der Waals surface area contributed by atoms with E-state index >= 15 is 0 Å². The van der Waals surface area contributed by atoms with Gasteiger partial charge in [-0.05, 0) is 12.8 Å².